The molecule has 0 aliphatic heterocycles. The lowest BCUT2D eigenvalue weighted by Gasteiger charge is -1.82. The Morgan fingerprint density at radius 2 is 1.50 bits per heavy atom. The van der Waals surface area contributed by atoms with Crippen LogP contribution < -0.4 is 0 Å². The van der Waals surface area contributed by atoms with Gasteiger partial charge in [0.1, 0.15) is 0 Å². The van der Waals surface area contributed by atoms with Crippen molar-refractivity contribution in [3.8, 4) is 0 Å². The van der Waals surface area contributed by atoms with E-state index >= 15 is 0 Å². The second-order valence-corrected chi connectivity index (χ2v) is 3.03. The summed E-state index contributed by atoms with van der Waals surface area (Å²) in [5.74, 6) is 0. The van der Waals surface area contributed by atoms with Gasteiger partial charge in [-0.05, 0) is 49.2 Å². The summed E-state index contributed by atoms with van der Waals surface area (Å²) >= 11 is 0. The van der Waals surface area contributed by atoms with Gasteiger partial charge in [0.2, 0.25) is 0 Å². The van der Waals surface area contributed by atoms with Crippen LogP contribution in [0.3, 0.4) is 0 Å². The van der Waals surface area contributed by atoms with E-state index in [9.17, 15) is 0 Å². The Labute approximate surface area is 99.2 Å². The smallest absolute Gasteiger partial charge is 0.0270 e. The number of rotatable bonds is 0. The highest BCUT2D eigenvalue weighted by molar-refractivity contribution is 5.06. The number of aryl methyl sites for hydroxylation is 2. The molecule has 1 nitrogen and oxygen atoms in total. The summed E-state index contributed by atoms with van der Waals surface area (Å²) in [6.45, 7) is 8.08. The fourth-order valence-corrected chi connectivity index (χ4v) is 0.851. The second-order valence-electron chi connectivity index (χ2n) is 3.03. The van der Waals surface area contributed by atoms with Gasteiger partial charge in [0, 0.05) is 12.4 Å². The van der Waals surface area contributed by atoms with Crippen molar-refractivity contribution in [2.24, 2.45) is 0 Å². The summed E-state index contributed by atoms with van der Waals surface area (Å²) in [6.07, 6.45) is 3.57. The fourth-order valence-electron chi connectivity index (χ4n) is 0.851. The average Bonchev–Trinajstić information content (AvgIpc) is 2.34. The molecule has 0 amide bonds. The molecule has 0 fully saturated rings. The van der Waals surface area contributed by atoms with E-state index in [4.69, 9.17) is 0 Å². The third-order valence-electron chi connectivity index (χ3n) is 1.66. The Bertz CT molecular complexity index is 303. The molecule has 0 saturated heterocycles. The molecule has 2 aromatic rings. The molecule has 2 rings (SSSR count). The van der Waals surface area contributed by atoms with Gasteiger partial charge in [-0.2, -0.15) is 0 Å². The van der Waals surface area contributed by atoms with Crippen LogP contribution in [0.15, 0.2) is 42.7 Å². The fraction of sp³-hybridized carbons (Fsp3) is 0.267. The largest absolute Gasteiger partial charge is 0.265 e. The van der Waals surface area contributed by atoms with Crippen molar-refractivity contribution in [2.75, 3.05) is 0 Å². The number of hydrogen-bond donors (Lipinski definition) is 0. The van der Waals surface area contributed by atoms with E-state index in [1.54, 1.807) is 12.4 Å². The molecular weight excluding hydrogens is 194 g/mol. The highest BCUT2D eigenvalue weighted by Crippen LogP contribution is 1.89. The lowest BCUT2D eigenvalue weighted by molar-refractivity contribution is 1.29. The molecule has 1 aromatic carbocycles. The van der Waals surface area contributed by atoms with Crippen molar-refractivity contribution in [1.29, 1.82) is 0 Å². The van der Waals surface area contributed by atoms with E-state index in [1.807, 2.05) is 58.0 Å². The predicted octanol–water partition coefficient (Wildman–Crippen LogP) is 4.01. The number of hydrogen-bond acceptors (Lipinski definition) is 1. The van der Waals surface area contributed by atoms with Crippen LogP contribution in [0.5, 0.6) is 0 Å². The lowest BCUT2D eigenvalue weighted by Crippen LogP contribution is -1.68. The molecule has 0 aliphatic rings. The third-order valence-corrected chi connectivity index (χ3v) is 1.66. The van der Waals surface area contributed by atoms with Gasteiger partial charge in [-0.15, -0.1) is 0 Å². The van der Waals surface area contributed by atoms with Gasteiger partial charge < -0.3 is 0 Å². The standard InChI is InChI=1S/C7H6.C6H7N.C2H6/c1-7-5-3-2-4-6-7;1-6-2-4-7-5-3-6;1-2/h3,5-6H,1H3;2-5H,1H3;1-2H3. The van der Waals surface area contributed by atoms with Crippen LogP contribution in [0.2, 0.25) is 0 Å². The van der Waals surface area contributed by atoms with Crippen LogP contribution in [0.1, 0.15) is 25.0 Å². The summed E-state index contributed by atoms with van der Waals surface area (Å²) in [5.41, 5.74) is 2.49. The molecular formula is C15H19N. The Balaban J connectivity index is 0.000000244. The topological polar surface area (TPSA) is 12.9 Å². The first-order chi connectivity index (χ1) is 7.79. The Morgan fingerprint density at radius 1 is 0.875 bits per heavy atom. The van der Waals surface area contributed by atoms with Crippen molar-refractivity contribution in [3.63, 3.8) is 0 Å². The van der Waals surface area contributed by atoms with Gasteiger partial charge in [0.05, 0.1) is 0 Å². The maximum Gasteiger partial charge on any atom is 0.0270 e. The van der Waals surface area contributed by atoms with Crippen LogP contribution in [0.4, 0.5) is 0 Å². The first-order valence-electron chi connectivity index (χ1n) is 5.50. The van der Waals surface area contributed by atoms with E-state index in [1.165, 1.54) is 11.1 Å². The Kier molecular flexibility index (Phi) is 8.63. The first kappa shape index (κ1) is 14.2. The molecule has 84 valence electrons. The minimum atomic E-state index is 1.23. The molecule has 0 saturated carbocycles. The SMILES string of the molecule is CC.Cc1cc#ccc1.Cc1ccncc1. The zero-order chi connectivity index (χ0) is 12.2. The molecule has 0 N–H and O–H groups in total. The zero-order valence-corrected chi connectivity index (χ0v) is 10.5. The van der Waals surface area contributed by atoms with Crippen LogP contribution in [-0.2, 0) is 0 Å². The van der Waals surface area contributed by atoms with Crippen molar-refractivity contribution < 1.29 is 0 Å². The molecule has 1 heteroatoms. The van der Waals surface area contributed by atoms with E-state index < -0.39 is 0 Å². The van der Waals surface area contributed by atoms with Gasteiger partial charge in [0.25, 0.3) is 0 Å². The van der Waals surface area contributed by atoms with Crippen LogP contribution >= 0.6 is 0 Å². The first-order valence-corrected chi connectivity index (χ1v) is 5.50. The lowest BCUT2D eigenvalue weighted by atomic mass is 10.3. The molecule has 0 radical (unpaired) electrons. The number of nitrogens with zero attached hydrogens (tertiary/aromatic N) is 1. The van der Waals surface area contributed by atoms with Crippen LogP contribution in [0, 0.1) is 26.0 Å². The van der Waals surface area contributed by atoms with Gasteiger partial charge in [-0.1, -0.05) is 32.0 Å². The van der Waals surface area contributed by atoms with Gasteiger partial charge in [-0.3, -0.25) is 4.98 Å². The molecule has 0 atom stereocenters. The van der Waals surface area contributed by atoms with E-state index in [0.717, 1.165) is 0 Å². The van der Waals surface area contributed by atoms with Crippen molar-refractivity contribution in [2.45, 2.75) is 27.7 Å². The Hall–Kier alpha value is -1.81. The van der Waals surface area contributed by atoms with Gasteiger partial charge >= 0.3 is 0 Å². The highest BCUT2D eigenvalue weighted by atomic mass is 14.6. The molecule has 0 unspecified atom stereocenters. The summed E-state index contributed by atoms with van der Waals surface area (Å²) < 4.78 is 0. The number of aromatic nitrogens is 1. The Morgan fingerprint density at radius 3 is 1.75 bits per heavy atom. The van der Waals surface area contributed by atoms with Crippen molar-refractivity contribution >= 4 is 0 Å². The molecule has 16 heavy (non-hydrogen) atoms. The summed E-state index contributed by atoms with van der Waals surface area (Å²) in [4.78, 5) is 3.85. The maximum atomic E-state index is 3.85. The normalized spacial score (nSPS) is 7.50. The van der Waals surface area contributed by atoms with Crippen LogP contribution in [0.25, 0.3) is 0 Å². The predicted molar refractivity (Wildman–Crippen MR) is 69.2 cm³/mol. The number of pyridine rings is 1. The van der Waals surface area contributed by atoms with Crippen LogP contribution in [-0.4, -0.2) is 4.98 Å². The minimum Gasteiger partial charge on any atom is -0.265 e. The summed E-state index contributed by atoms with van der Waals surface area (Å²) in [7, 11) is 0. The third kappa shape index (κ3) is 7.58. The summed E-state index contributed by atoms with van der Waals surface area (Å²) in [6, 6.07) is 15.3. The minimum absolute atomic E-state index is 1.23. The quantitative estimate of drug-likeness (QED) is 0.644. The molecule has 1 heterocycles. The monoisotopic (exact) mass is 213 g/mol. The zero-order valence-electron chi connectivity index (χ0n) is 10.5. The maximum absolute atomic E-state index is 3.85. The van der Waals surface area contributed by atoms with E-state index in [-0.39, 0.29) is 0 Å². The molecule has 0 bridgehead atoms. The van der Waals surface area contributed by atoms with Crippen molar-refractivity contribution in [1.82, 2.24) is 4.98 Å². The molecule has 1 aromatic heterocycles. The molecule has 0 spiro atoms. The highest BCUT2D eigenvalue weighted by Gasteiger charge is 1.73. The van der Waals surface area contributed by atoms with Gasteiger partial charge in [-0.25, -0.2) is 0 Å². The average molecular weight is 213 g/mol. The molecule has 0 aliphatic carbocycles. The summed E-state index contributed by atoms with van der Waals surface area (Å²) in [5, 5.41) is 0. The van der Waals surface area contributed by atoms with E-state index in [2.05, 4.69) is 17.1 Å². The van der Waals surface area contributed by atoms with Gasteiger partial charge in [0.15, 0.2) is 0 Å². The van der Waals surface area contributed by atoms with E-state index in [0.29, 0.717) is 0 Å². The second kappa shape index (κ2) is 9.73. The van der Waals surface area contributed by atoms with Crippen molar-refractivity contribution in [3.05, 3.63) is 66.0 Å².